The van der Waals surface area contributed by atoms with Crippen LogP contribution in [0.15, 0.2) is 0 Å². The van der Waals surface area contributed by atoms with Crippen molar-refractivity contribution in [1.82, 2.24) is 5.32 Å². The van der Waals surface area contributed by atoms with Gasteiger partial charge in [0.15, 0.2) is 6.29 Å². The number of amides is 1. The number of carbonyl (C=O) groups excluding carboxylic acids is 1. The maximum Gasteiger partial charge on any atom is 0.220 e. The number of rotatable bonds is 49. The molecule has 1 saturated heterocycles. The lowest BCUT2D eigenvalue weighted by molar-refractivity contribution is -0.303. The van der Waals surface area contributed by atoms with Crippen LogP contribution in [0.1, 0.15) is 284 Å². The number of carbonyl (C=O) groups is 1. The Hall–Kier alpha value is -0.850. The molecule has 1 fully saturated rings. The van der Waals surface area contributed by atoms with E-state index in [1.165, 1.54) is 212 Å². The van der Waals surface area contributed by atoms with Crippen molar-refractivity contribution in [2.24, 2.45) is 0 Å². The second kappa shape index (κ2) is 45.6. The van der Waals surface area contributed by atoms with Crippen LogP contribution in [0.5, 0.6) is 0 Å². The van der Waals surface area contributed by atoms with E-state index in [0.29, 0.717) is 6.42 Å². The average Bonchev–Trinajstić information content (AvgIpc) is 3.31. The van der Waals surface area contributed by atoms with Crippen LogP contribution in [0.2, 0.25) is 0 Å². The van der Waals surface area contributed by atoms with Gasteiger partial charge in [0.25, 0.3) is 0 Å². The van der Waals surface area contributed by atoms with E-state index in [-0.39, 0.29) is 18.9 Å². The number of unbranched alkanes of at least 4 members (excludes halogenated alkanes) is 38. The predicted molar refractivity (Wildman–Crippen MR) is 269 cm³/mol. The van der Waals surface area contributed by atoms with Crippen molar-refractivity contribution in [1.29, 1.82) is 0 Å². The fourth-order valence-corrected chi connectivity index (χ4v) is 9.50. The number of hydrogen-bond acceptors (Lipinski definition) is 9. The molecule has 10 nitrogen and oxygen atoms in total. The topological polar surface area (TPSA) is 169 Å². The van der Waals surface area contributed by atoms with Crippen LogP contribution in [-0.2, 0) is 14.3 Å². The molecule has 388 valence electrons. The first kappa shape index (κ1) is 62.2. The lowest BCUT2D eigenvalue weighted by atomic mass is 9.98. The lowest BCUT2D eigenvalue weighted by Crippen LogP contribution is -2.60. The predicted octanol–water partition coefficient (Wildman–Crippen LogP) is 12.4. The fourth-order valence-electron chi connectivity index (χ4n) is 9.50. The summed E-state index contributed by atoms with van der Waals surface area (Å²) in [6.07, 6.45) is 43.2. The SMILES string of the molecule is CCCCCCCCCCCCCCCCCCCCCCCCCCCCCCCCCCC(=O)N[C@@H](CO[C@@H]1O[C@H](CO)[C@H](O)C(O)C1O)[C@H](O)[C@H](O)CCCCCCCCCC. The molecular weight excluding hydrogens is 819 g/mol. The first-order chi connectivity index (χ1) is 31.8. The molecule has 0 aromatic rings. The van der Waals surface area contributed by atoms with Gasteiger partial charge in [-0.2, -0.15) is 0 Å². The maximum atomic E-state index is 13.0. The van der Waals surface area contributed by atoms with Gasteiger partial charge in [-0.15, -0.1) is 0 Å². The van der Waals surface area contributed by atoms with E-state index in [4.69, 9.17) is 9.47 Å². The molecular formula is C55H109NO9. The van der Waals surface area contributed by atoms with E-state index in [0.717, 1.165) is 44.9 Å². The minimum Gasteiger partial charge on any atom is -0.394 e. The van der Waals surface area contributed by atoms with Crippen molar-refractivity contribution in [3.63, 3.8) is 0 Å². The van der Waals surface area contributed by atoms with Crippen LogP contribution in [0.4, 0.5) is 0 Å². The third-order valence-corrected chi connectivity index (χ3v) is 14.1. The Bertz CT molecular complexity index is 1000. The summed E-state index contributed by atoms with van der Waals surface area (Å²) in [6.45, 7) is 3.60. The number of aliphatic hydroxyl groups is 6. The Morgan fingerprint density at radius 1 is 0.477 bits per heavy atom. The standard InChI is InChI=1S/C55H109NO9/c1-3-5-7-9-11-13-14-15-16-17-18-19-20-21-22-23-24-25-26-27-28-29-30-31-32-33-34-35-36-38-40-42-44-50(59)56-47(46-64-55-54(63)53(62)52(61)49(45-57)65-55)51(60)48(58)43-41-39-37-12-10-8-6-4-2/h47-49,51-55,57-58,60-63H,3-46H2,1-2H3,(H,56,59)/t47-,48+,49+,51-,52-,53?,54?,55+/m0/s1. The molecule has 65 heavy (non-hydrogen) atoms. The van der Waals surface area contributed by atoms with Crippen molar-refractivity contribution >= 4 is 5.91 Å². The summed E-state index contributed by atoms with van der Waals surface area (Å²) >= 11 is 0. The molecule has 0 spiro atoms. The Morgan fingerprint density at radius 3 is 1.14 bits per heavy atom. The zero-order valence-corrected chi connectivity index (χ0v) is 42.6. The highest BCUT2D eigenvalue weighted by Crippen LogP contribution is 2.23. The van der Waals surface area contributed by atoms with Gasteiger partial charge in [0.2, 0.25) is 5.91 Å². The molecule has 10 heteroatoms. The van der Waals surface area contributed by atoms with Crippen LogP contribution in [-0.4, -0.2) is 98.7 Å². The Labute approximate surface area is 400 Å². The van der Waals surface area contributed by atoms with E-state index >= 15 is 0 Å². The van der Waals surface area contributed by atoms with Crippen LogP contribution >= 0.6 is 0 Å². The molecule has 1 heterocycles. The van der Waals surface area contributed by atoms with Gasteiger partial charge >= 0.3 is 0 Å². The van der Waals surface area contributed by atoms with Crippen molar-refractivity contribution in [2.45, 2.75) is 332 Å². The number of hydrogen-bond donors (Lipinski definition) is 7. The summed E-state index contributed by atoms with van der Waals surface area (Å²) in [5, 5.41) is 65.1. The Morgan fingerprint density at radius 2 is 0.800 bits per heavy atom. The van der Waals surface area contributed by atoms with E-state index in [2.05, 4.69) is 19.2 Å². The van der Waals surface area contributed by atoms with Gasteiger partial charge in [-0.1, -0.05) is 264 Å². The summed E-state index contributed by atoms with van der Waals surface area (Å²) in [7, 11) is 0. The van der Waals surface area contributed by atoms with Crippen molar-refractivity contribution < 1.29 is 44.9 Å². The lowest BCUT2D eigenvalue weighted by Gasteiger charge is -2.40. The molecule has 1 amide bonds. The molecule has 0 aromatic carbocycles. The second-order valence-electron chi connectivity index (χ2n) is 20.2. The number of nitrogens with one attached hydrogen (secondary N) is 1. The Kier molecular flexibility index (Phi) is 43.6. The molecule has 0 radical (unpaired) electrons. The van der Waals surface area contributed by atoms with Gasteiger partial charge in [0, 0.05) is 6.42 Å². The number of ether oxygens (including phenoxy) is 2. The summed E-state index contributed by atoms with van der Waals surface area (Å²) in [5.74, 6) is -0.253. The van der Waals surface area contributed by atoms with E-state index in [9.17, 15) is 35.4 Å². The van der Waals surface area contributed by atoms with Crippen LogP contribution in [0.25, 0.3) is 0 Å². The van der Waals surface area contributed by atoms with E-state index in [1.807, 2.05) is 0 Å². The highest BCUT2D eigenvalue weighted by Gasteiger charge is 2.44. The summed E-state index contributed by atoms with van der Waals surface area (Å²) in [4.78, 5) is 13.0. The quantitative estimate of drug-likeness (QED) is 0.0294. The van der Waals surface area contributed by atoms with Crippen molar-refractivity contribution in [2.75, 3.05) is 13.2 Å². The van der Waals surface area contributed by atoms with Crippen LogP contribution < -0.4 is 5.32 Å². The molecule has 1 rings (SSSR count). The zero-order valence-electron chi connectivity index (χ0n) is 42.6. The summed E-state index contributed by atoms with van der Waals surface area (Å²) < 4.78 is 11.2. The minimum absolute atomic E-state index is 0.253. The van der Waals surface area contributed by atoms with Crippen LogP contribution in [0.3, 0.4) is 0 Å². The van der Waals surface area contributed by atoms with Gasteiger partial charge in [-0.05, 0) is 12.8 Å². The van der Waals surface area contributed by atoms with E-state index in [1.54, 1.807) is 0 Å². The second-order valence-corrected chi connectivity index (χ2v) is 20.2. The molecule has 2 unspecified atom stereocenters. The third-order valence-electron chi connectivity index (χ3n) is 14.1. The first-order valence-corrected chi connectivity index (χ1v) is 28.3. The van der Waals surface area contributed by atoms with Gasteiger partial charge in [-0.25, -0.2) is 0 Å². The molecule has 0 saturated carbocycles. The van der Waals surface area contributed by atoms with E-state index < -0.39 is 55.6 Å². The van der Waals surface area contributed by atoms with Crippen molar-refractivity contribution in [3.05, 3.63) is 0 Å². The monoisotopic (exact) mass is 928 g/mol. The molecule has 0 aliphatic carbocycles. The van der Waals surface area contributed by atoms with Crippen LogP contribution in [0, 0.1) is 0 Å². The molecule has 1 aliphatic rings. The van der Waals surface area contributed by atoms with Gasteiger partial charge in [-0.3, -0.25) is 4.79 Å². The minimum atomic E-state index is -1.60. The van der Waals surface area contributed by atoms with Gasteiger partial charge in [0.05, 0.1) is 25.4 Å². The smallest absolute Gasteiger partial charge is 0.220 e. The largest absolute Gasteiger partial charge is 0.394 e. The molecule has 0 bridgehead atoms. The molecule has 0 aromatic heterocycles. The van der Waals surface area contributed by atoms with Gasteiger partial charge < -0.3 is 45.4 Å². The normalized spacial score (nSPS) is 20.3. The highest BCUT2D eigenvalue weighted by atomic mass is 16.7. The summed E-state index contributed by atoms with van der Waals surface area (Å²) in [6, 6.07) is -0.984. The molecule has 8 atom stereocenters. The van der Waals surface area contributed by atoms with Crippen molar-refractivity contribution in [3.8, 4) is 0 Å². The fraction of sp³-hybridized carbons (Fsp3) is 0.982. The maximum absolute atomic E-state index is 13.0. The molecule has 1 aliphatic heterocycles. The van der Waals surface area contributed by atoms with Gasteiger partial charge in [0.1, 0.15) is 30.5 Å². The Balaban J connectivity index is 2.08. The zero-order chi connectivity index (χ0) is 47.4. The molecule has 7 N–H and O–H groups in total. The summed E-state index contributed by atoms with van der Waals surface area (Å²) in [5.41, 5.74) is 0. The third kappa shape index (κ3) is 35.0. The number of aliphatic hydroxyl groups excluding tert-OH is 6. The first-order valence-electron chi connectivity index (χ1n) is 28.3. The average molecular weight is 928 g/mol. The highest BCUT2D eigenvalue weighted by molar-refractivity contribution is 5.76.